The van der Waals surface area contributed by atoms with E-state index < -0.39 is 6.09 Å². The van der Waals surface area contributed by atoms with Crippen molar-refractivity contribution < 1.29 is 14.7 Å². The Morgan fingerprint density at radius 3 is 2.82 bits per heavy atom. The van der Waals surface area contributed by atoms with E-state index in [2.05, 4.69) is 0 Å². The van der Waals surface area contributed by atoms with Gasteiger partial charge in [-0.15, -0.1) is 0 Å². The Labute approximate surface area is 64.8 Å². The summed E-state index contributed by atoms with van der Waals surface area (Å²) in [6.45, 7) is 2.31. The van der Waals surface area contributed by atoms with Gasteiger partial charge in [0.1, 0.15) is 0 Å². The van der Waals surface area contributed by atoms with Crippen molar-refractivity contribution in [1.82, 2.24) is 4.90 Å². The smallest absolute Gasteiger partial charge is 0.414 e. The molecule has 1 fully saturated rings. The van der Waals surface area contributed by atoms with Gasteiger partial charge in [0.25, 0.3) is 0 Å². The van der Waals surface area contributed by atoms with Crippen LogP contribution in [0.15, 0.2) is 0 Å². The molecule has 0 aromatic carbocycles. The fourth-order valence-corrected chi connectivity index (χ4v) is 1.19. The number of amides is 2. The third-order valence-electron chi connectivity index (χ3n) is 1.90. The summed E-state index contributed by atoms with van der Waals surface area (Å²) in [5.74, 6) is 0.0642. The SMILES string of the molecule is CC1CCN(C(=O)O)C(=O)C1. The minimum absolute atomic E-state index is 0.267. The second kappa shape index (κ2) is 2.90. The average molecular weight is 157 g/mol. The van der Waals surface area contributed by atoms with Crippen molar-refractivity contribution in [1.29, 1.82) is 0 Å². The number of hydrogen-bond donors (Lipinski definition) is 1. The van der Waals surface area contributed by atoms with Crippen LogP contribution in [-0.2, 0) is 4.79 Å². The highest BCUT2D eigenvalue weighted by Gasteiger charge is 2.27. The first-order valence-corrected chi connectivity index (χ1v) is 3.64. The van der Waals surface area contributed by atoms with Gasteiger partial charge in [0.2, 0.25) is 5.91 Å². The van der Waals surface area contributed by atoms with Crippen molar-refractivity contribution in [3.8, 4) is 0 Å². The van der Waals surface area contributed by atoms with Crippen LogP contribution in [0.5, 0.6) is 0 Å². The van der Waals surface area contributed by atoms with Gasteiger partial charge in [-0.2, -0.15) is 0 Å². The number of carbonyl (C=O) groups is 2. The first-order valence-electron chi connectivity index (χ1n) is 3.64. The lowest BCUT2D eigenvalue weighted by atomic mass is 9.99. The summed E-state index contributed by atoms with van der Waals surface area (Å²) in [5.41, 5.74) is 0. The number of nitrogens with zero attached hydrogens (tertiary/aromatic N) is 1. The molecule has 0 radical (unpaired) electrons. The van der Waals surface area contributed by atoms with Gasteiger partial charge in [-0.3, -0.25) is 4.79 Å². The van der Waals surface area contributed by atoms with E-state index in [1.54, 1.807) is 0 Å². The van der Waals surface area contributed by atoms with Crippen LogP contribution in [0, 0.1) is 5.92 Å². The van der Waals surface area contributed by atoms with Gasteiger partial charge in [-0.05, 0) is 12.3 Å². The monoisotopic (exact) mass is 157 g/mol. The third kappa shape index (κ3) is 1.69. The van der Waals surface area contributed by atoms with Crippen molar-refractivity contribution in [2.75, 3.05) is 6.54 Å². The molecule has 0 saturated carbocycles. The van der Waals surface area contributed by atoms with Crippen LogP contribution in [0.1, 0.15) is 19.8 Å². The highest BCUT2D eigenvalue weighted by Crippen LogP contribution is 2.16. The molecular weight excluding hydrogens is 146 g/mol. The summed E-state index contributed by atoms with van der Waals surface area (Å²) in [6.07, 6.45) is 0.0338. The lowest BCUT2D eigenvalue weighted by Crippen LogP contribution is -2.41. The van der Waals surface area contributed by atoms with Gasteiger partial charge in [-0.1, -0.05) is 6.92 Å². The Morgan fingerprint density at radius 1 is 1.73 bits per heavy atom. The van der Waals surface area contributed by atoms with E-state index >= 15 is 0 Å². The zero-order valence-electron chi connectivity index (χ0n) is 6.41. The largest absolute Gasteiger partial charge is 0.465 e. The zero-order chi connectivity index (χ0) is 8.43. The molecule has 1 rings (SSSR count). The molecule has 0 spiro atoms. The molecule has 0 aliphatic carbocycles. The molecule has 2 amide bonds. The predicted octanol–water partition coefficient (Wildman–Crippen LogP) is 0.923. The second-order valence-corrected chi connectivity index (χ2v) is 2.93. The molecule has 1 heterocycles. The molecule has 11 heavy (non-hydrogen) atoms. The maximum absolute atomic E-state index is 11.0. The van der Waals surface area contributed by atoms with Crippen molar-refractivity contribution >= 4 is 12.0 Å². The molecule has 0 aromatic rings. The normalized spacial score (nSPS) is 25.4. The molecule has 4 heteroatoms. The molecule has 4 nitrogen and oxygen atoms in total. The van der Waals surface area contributed by atoms with Crippen molar-refractivity contribution in [3.63, 3.8) is 0 Å². The lowest BCUT2D eigenvalue weighted by Gasteiger charge is -2.25. The van der Waals surface area contributed by atoms with Crippen LogP contribution in [0.2, 0.25) is 0 Å². The molecule has 1 aliphatic rings. The fourth-order valence-electron chi connectivity index (χ4n) is 1.19. The average Bonchev–Trinajstić information content (AvgIpc) is 1.85. The summed E-state index contributed by atoms with van der Waals surface area (Å²) in [6, 6.07) is 0. The van der Waals surface area contributed by atoms with Crippen LogP contribution in [0.3, 0.4) is 0 Å². The Balaban J connectivity index is 2.58. The number of carbonyl (C=O) groups excluding carboxylic acids is 1. The summed E-state index contributed by atoms with van der Waals surface area (Å²) in [7, 11) is 0. The highest BCUT2D eigenvalue weighted by molar-refractivity contribution is 5.91. The number of hydrogen-bond acceptors (Lipinski definition) is 2. The molecule has 1 aliphatic heterocycles. The third-order valence-corrected chi connectivity index (χ3v) is 1.90. The van der Waals surface area contributed by atoms with Gasteiger partial charge in [0, 0.05) is 13.0 Å². The molecule has 1 atom stereocenters. The van der Waals surface area contributed by atoms with Crippen LogP contribution < -0.4 is 0 Å². The number of piperidine rings is 1. The van der Waals surface area contributed by atoms with Crippen LogP contribution in [0.4, 0.5) is 4.79 Å². The summed E-state index contributed by atoms with van der Waals surface area (Å²) < 4.78 is 0. The minimum Gasteiger partial charge on any atom is -0.465 e. The Kier molecular flexibility index (Phi) is 2.12. The van der Waals surface area contributed by atoms with Gasteiger partial charge < -0.3 is 5.11 Å². The maximum atomic E-state index is 11.0. The molecule has 1 unspecified atom stereocenters. The molecule has 0 aromatic heterocycles. The summed E-state index contributed by atoms with van der Waals surface area (Å²) in [4.78, 5) is 22.3. The Hall–Kier alpha value is -1.06. The summed E-state index contributed by atoms with van der Waals surface area (Å²) >= 11 is 0. The standard InChI is InChI=1S/C7H11NO3/c1-5-2-3-8(7(10)11)6(9)4-5/h5H,2-4H2,1H3,(H,10,11). The van der Waals surface area contributed by atoms with E-state index in [4.69, 9.17) is 5.11 Å². The molecule has 0 bridgehead atoms. The van der Waals surface area contributed by atoms with E-state index in [0.717, 1.165) is 11.3 Å². The van der Waals surface area contributed by atoms with Crippen LogP contribution >= 0.6 is 0 Å². The number of rotatable bonds is 0. The lowest BCUT2D eigenvalue weighted by molar-refractivity contribution is -0.132. The Bertz CT molecular complexity index is 190. The quantitative estimate of drug-likeness (QED) is 0.568. The van der Waals surface area contributed by atoms with Gasteiger partial charge in [0.15, 0.2) is 0 Å². The molecule has 1 saturated heterocycles. The highest BCUT2D eigenvalue weighted by atomic mass is 16.4. The van der Waals surface area contributed by atoms with Gasteiger partial charge >= 0.3 is 6.09 Å². The number of likely N-dealkylation sites (tertiary alicyclic amines) is 1. The predicted molar refractivity (Wildman–Crippen MR) is 38.1 cm³/mol. The van der Waals surface area contributed by atoms with Crippen LogP contribution in [-0.4, -0.2) is 28.6 Å². The van der Waals surface area contributed by atoms with E-state index in [-0.39, 0.29) is 5.91 Å². The number of imide groups is 1. The van der Waals surface area contributed by atoms with Crippen molar-refractivity contribution in [3.05, 3.63) is 0 Å². The van der Waals surface area contributed by atoms with E-state index in [1.807, 2.05) is 6.92 Å². The first-order chi connectivity index (χ1) is 5.11. The minimum atomic E-state index is -1.12. The Morgan fingerprint density at radius 2 is 2.36 bits per heavy atom. The van der Waals surface area contributed by atoms with Gasteiger partial charge in [-0.25, -0.2) is 9.69 Å². The van der Waals surface area contributed by atoms with E-state index in [0.29, 0.717) is 18.9 Å². The van der Waals surface area contributed by atoms with Gasteiger partial charge in [0.05, 0.1) is 0 Å². The zero-order valence-corrected chi connectivity index (χ0v) is 6.41. The summed E-state index contributed by atoms with van der Waals surface area (Å²) in [5, 5.41) is 8.50. The maximum Gasteiger partial charge on any atom is 0.414 e. The van der Waals surface area contributed by atoms with Crippen molar-refractivity contribution in [2.24, 2.45) is 5.92 Å². The van der Waals surface area contributed by atoms with Crippen LogP contribution in [0.25, 0.3) is 0 Å². The topological polar surface area (TPSA) is 57.6 Å². The van der Waals surface area contributed by atoms with E-state index in [9.17, 15) is 9.59 Å². The second-order valence-electron chi connectivity index (χ2n) is 2.93. The molecular formula is C7H11NO3. The van der Waals surface area contributed by atoms with E-state index in [1.165, 1.54) is 0 Å². The number of carboxylic acid groups (broad SMARTS) is 1. The first kappa shape index (κ1) is 8.04. The van der Waals surface area contributed by atoms with Crippen molar-refractivity contribution in [2.45, 2.75) is 19.8 Å². The molecule has 62 valence electrons. The molecule has 1 N–H and O–H groups in total. The fraction of sp³-hybridized carbons (Fsp3) is 0.714.